The van der Waals surface area contributed by atoms with Crippen LogP contribution in [0.15, 0.2) is 58.2 Å². The maximum atomic E-state index is 12.2. The molecule has 0 amide bonds. The summed E-state index contributed by atoms with van der Waals surface area (Å²) in [6.45, 7) is 12.0. The monoisotopic (exact) mass is 470 g/mol. The number of aliphatic carboxylic acids is 1. The van der Waals surface area contributed by atoms with Gasteiger partial charge in [-0.15, -0.1) is 0 Å². The maximum absolute atomic E-state index is 12.2. The van der Waals surface area contributed by atoms with Crippen molar-refractivity contribution in [1.82, 2.24) is 0 Å². The van der Waals surface area contributed by atoms with Crippen LogP contribution in [0.3, 0.4) is 0 Å². The molecular formula is C29H42O5. The Morgan fingerprint density at radius 1 is 0.882 bits per heavy atom. The normalized spacial score (nSPS) is 19.5. The minimum Gasteiger partial charge on any atom is -0.478 e. The summed E-state index contributed by atoms with van der Waals surface area (Å²) in [5.41, 5.74) is 5.13. The van der Waals surface area contributed by atoms with Crippen LogP contribution in [-0.4, -0.2) is 28.9 Å². The highest BCUT2D eigenvalue weighted by molar-refractivity contribution is 6.17. The molecule has 0 aromatic carbocycles. The van der Waals surface area contributed by atoms with Crippen molar-refractivity contribution in [2.24, 2.45) is 5.92 Å². The molecule has 2 atom stereocenters. The van der Waals surface area contributed by atoms with Crippen molar-refractivity contribution in [3.63, 3.8) is 0 Å². The molecule has 34 heavy (non-hydrogen) atoms. The molecule has 1 aliphatic rings. The van der Waals surface area contributed by atoms with Gasteiger partial charge in [0.05, 0.1) is 0 Å². The van der Waals surface area contributed by atoms with E-state index in [4.69, 9.17) is 4.74 Å². The molecule has 5 heteroatoms. The summed E-state index contributed by atoms with van der Waals surface area (Å²) in [4.78, 5) is 34.8. The molecule has 0 radical (unpaired) electrons. The summed E-state index contributed by atoms with van der Waals surface area (Å²) in [6.07, 6.45) is 16.5. The van der Waals surface area contributed by atoms with Crippen LogP contribution < -0.4 is 0 Å². The van der Waals surface area contributed by atoms with Gasteiger partial charge in [0.2, 0.25) is 0 Å². The van der Waals surface area contributed by atoms with Gasteiger partial charge in [-0.05, 0) is 85.6 Å². The predicted molar refractivity (Wildman–Crippen MR) is 137 cm³/mol. The zero-order valence-electron chi connectivity index (χ0n) is 21.8. The van der Waals surface area contributed by atoms with Crippen LogP contribution in [0.2, 0.25) is 0 Å². The minimum absolute atomic E-state index is 0.0696. The molecule has 1 N–H and O–H groups in total. The molecule has 0 saturated heterocycles. The first-order valence-corrected chi connectivity index (χ1v) is 12.2. The molecule has 0 aliphatic heterocycles. The van der Waals surface area contributed by atoms with E-state index in [2.05, 4.69) is 58.9 Å². The molecular weight excluding hydrogens is 428 g/mol. The predicted octanol–water partition coefficient (Wildman–Crippen LogP) is 7.05. The number of carboxylic acids is 1. The Kier molecular flexibility index (Phi) is 13.2. The van der Waals surface area contributed by atoms with Crippen molar-refractivity contribution < 1.29 is 24.2 Å². The SMILES string of the molecule is CC(=O)O[C@H]1C=C(C(=O)O)C(=O)C[C@H]1C/C=C(\C)CC/C=C(\C)CC/C=C(\C)CCC=C(C)C. The lowest BCUT2D eigenvalue weighted by atomic mass is 9.83. The van der Waals surface area contributed by atoms with Crippen molar-refractivity contribution in [2.45, 2.75) is 99.0 Å². The lowest BCUT2D eigenvalue weighted by molar-refractivity contribution is -0.148. The second-order valence-electron chi connectivity index (χ2n) is 9.63. The number of esters is 1. The third kappa shape index (κ3) is 12.0. The van der Waals surface area contributed by atoms with Gasteiger partial charge in [-0.25, -0.2) is 4.79 Å². The van der Waals surface area contributed by atoms with Crippen LogP contribution in [0.25, 0.3) is 0 Å². The number of carbonyl (C=O) groups is 3. The first-order chi connectivity index (χ1) is 16.0. The fourth-order valence-corrected chi connectivity index (χ4v) is 3.93. The van der Waals surface area contributed by atoms with E-state index in [0.29, 0.717) is 6.42 Å². The summed E-state index contributed by atoms with van der Waals surface area (Å²) in [6, 6.07) is 0. The summed E-state index contributed by atoms with van der Waals surface area (Å²) in [5.74, 6) is -2.40. The molecule has 0 fully saturated rings. The highest BCUT2D eigenvalue weighted by Crippen LogP contribution is 2.28. The molecule has 5 nitrogen and oxygen atoms in total. The summed E-state index contributed by atoms with van der Waals surface area (Å²) in [5, 5.41) is 9.19. The van der Waals surface area contributed by atoms with Crippen LogP contribution in [0, 0.1) is 5.92 Å². The van der Waals surface area contributed by atoms with E-state index in [0.717, 1.165) is 38.5 Å². The highest BCUT2D eigenvalue weighted by Gasteiger charge is 2.34. The Morgan fingerprint density at radius 2 is 1.38 bits per heavy atom. The highest BCUT2D eigenvalue weighted by atomic mass is 16.5. The topological polar surface area (TPSA) is 80.7 Å². The van der Waals surface area contributed by atoms with E-state index in [-0.39, 0.29) is 17.9 Å². The first kappa shape index (κ1) is 29.3. The van der Waals surface area contributed by atoms with Crippen molar-refractivity contribution in [2.75, 3.05) is 0 Å². The largest absolute Gasteiger partial charge is 0.478 e. The van der Waals surface area contributed by atoms with E-state index < -0.39 is 23.8 Å². The fraction of sp³-hybridized carbons (Fsp3) is 0.552. The Balaban J connectivity index is 2.53. The number of carboxylic acid groups (broad SMARTS) is 1. The second kappa shape index (κ2) is 15.3. The molecule has 188 valence electrons. The molecule has 1 aliphatic carbocycles. The smallest absolute Gasteiger partial charge is 0.339 e. The molecule has 0 unspecified atom stereocenters. The van der Waals surface area contributed by atoms with Gasteiger partial charge in [0.25, 0.3) is 0 Å². The molecule has 0 heterocycles. The Hall–Kier alpha value is -2.69. The lowest BCUT2D eigenvalue weighted by Gasteiger charge is -2.27. The zero-order valence-corrected chi connectivity index (χ0v) is 21.8. The third-order valence-electron chi connectivity index (χ3n) is 6.00. The molecule has 0 aromatic rings. The van der Waals surface area contributed by atoms with Crippen LogP contribution in [-0.2, 0) is 19.1 Å². The molecule has 1 rings (SSSR count). The fourth-order valence-electron chi connectivity index (χ4n) is 3.93. The Bertz CT molecular complexity index is 878. The number of carbonyl (C=O) groups excluding carboxylic acids is 2. The summed E-state index contributed by atoms with van der Waals surface area (Å²) in [7, 11) is 0. The average molecular weight is 471 g/mol. The minimum atomic E-state index is -1.27. The third-order valence-corrected chi connectivity index (χ3v) is 6.00. The second-order valence-corrected chi connectivity index (χ2v) is 9.63. The molecule has 0 spiro atoms. The van der Waals surface area contributed by atoms with E-state index in [1.165, 1.54) is 35.3 Å². The van der Waals surface area contributed by atoms with Gasteiger partial charge < -0.3 is 9.84 Å². The van der Waals surface area contributed by atoms with E-state index in [9.17, 15) is 19.5 Å². The Morgan fingerprint density at radius 3 is 1.85 bits per heavy atom. The van der Waals surface area contributed by atoms with E-state index in [1.54, 1.807) is 0 Å². The van der Waals surface area contributed by atoms with E-state index >= 15 is 0 Å². The van der Waals surface area contributed by atoms with Crippen molar-refractivity contribution in [3.8, 4) is 0 Å². The maximum Gasteiger partial charge on any atom is 0.339 e. The van der Waals surface area contributed by atoms with Crippen molar-refractivity contribution in [1.29, 1.82) is 0 Å². The molecule has 0 bridgehead atoms. The summed E-state index contributed by atoms with van der Waals surface area (Å²) >= 11 is 0. The van der Waals surface area contributed by atoms with Crippen molar-refractivity contribution >= 4 is 17.7 Å². The van der Waals surface area contributed by atoms with Crippen molar-refractivity contribution in [3.05, 3.63) is 58.2 Å². The number of rotatable bonds is 13. The number of hydrogen-bond donors (Lipinski definition) is 1. The number of hydrogen-bond acceptors (Lipinski definition) is 4. The number of Topliss-reactive ketones (excluding diaryl/α,β-unsaturated/α-hetero) is 1. The Labute approximate surface area is 205 Å². The van der Waals surface area contributed by atoms with Gasteiger partial charge in [-0.2, -0.15) is 0 Å². The van der Waals surface area contributed by atoms with Gasteiger partial charge in [0.15, 0.2) is 5.78 Å². The van der Waals surface area contributed by atoms with Gasteiger partial charge in [0, 0.05) is 19.3 Å². The molecule has 0 saturated carbocycles. The summed E-state index contributed by atoms with van der Waals surface area (Å²) < 4.78 is 5.29. The van der Waals surface area contributed by atoms with E-state index in [1.807, 2.05) is 0 Å². The van der Waals surface area contributed by atoms with Gasteiger partial charge in [0.1, 0.15) is 11.7 Å². The van der Waals surface area contributed by atoms with Gasteiger partial charge in [-0.1, -0.05) is 46.6 Å². The number of allylic oxidation sites excluding steroid dienone is 8. The first-order valence-electron chi connectivity index (χ1n) is 12.2. The number of ether oxygens (including phenoxy) is 1. The average Bonchev–Trinajstić information content (AvgIpc) is 2.72. The standard InChI is InChI=1S/C29H42O5/c1-20(2)10-7-11-21(3)12-8-13-22(4)14-9-15-23(5)16-17-25-18-27(31)26(29(32)33)19-28(25)34-24(6)30/h10,12,14,16,19,25,28H,7-9,11,13,15,17-18H2,1-6H3,(H,32,33)/b21-12+,22-14+,23-16+/t25-,28+/m1/s1. The van der Waals surface area contributed by atoms with Crippen LogP contribution in [0.1, 0.15) is 92.9 Å². The van der Waals surface area contributed by atoms with Crippen LogP contribution >= 0.6 is 0 Å². The molecule has 0 aromatic heterocycles. The van der Waals surface area contributed by atoms with Gasteiger partial charge in [-0.3, -0.25) is 9.59 Å². The lowest BCUT2D eigenvalue weighted by Crippen LogP contribution is -2.33. The number of ketones is 1. The van der Waals surface area contributed by atoms with Gasteiger partial charge >= 0.3 is 11.9 Å². The van der Waals surface area contributed by atoms with Crippen LogP contribution in [0.4, 0.5) is 0 Å². The van der Waals surface area contributed by atoms with Crippen LogP contribution in [0.5, 0.6) is 0 Å². The zero-order chi connectivity index (χ0) is 25.7. The quantitative estimate of drug-likeness (QED) is 0.177.